The number of likely N-dealkylation sites (tertiary alicyclic amines) is 2. The number of urea groups is 1. The van der Waals surface area contributed by atoms with Gasteiger partial charge in [0.05, 0.1) is 34.8 Å². The van der Waals surface area contributed by atoms with E-state index in [1.807, 2.05) is 37.1 Å². The highest BCUT2D eigenvalue weighted by Crippen LogP contribution is 2.43. The molecule has 0 saturated carbocycles. The molecule has 68 heavy (non-hydrogen) atoms. The van der Waals surface area contributed by atoms with Crippen molar-refractivity contribution in [3.63, 3.8) is 0 Å². The van der Waals surface area contributed by atoms with Crippen LogP contribution >= 0.6 is 65.3 Å². The molecule has 4 atom stereocenters. The lowest BCUT2D eigenvalue weighted by molar-refractivity contribution is -0.155. The van der Waals surface area contributed by atoms with Gasteiger partial charge in [-0.2, -0.15) is 54.0 Å². The zero-order valence-electron chi connectivity index (χ0n) is 40.9. The summed E-state index contributed by atoms with van der Waals surface area (Å²) >= 11 is 1.44. The van der Waals surface area contributed by atoms with Crippen molar-refractivity contribution in [2.45, 2.75) is 104 Å². The number of hydrogen-bond acceptors (Lipinski definition) is 11. The lowest BCUT2D eigenvalue weighted by atomic mass is 9.79. The summed E-state index contributed by atoms with van der Waals surface area (Å²) in [7, 11) is 5.48. The monoisotopic (exact) mass is 1030 g/mol. The van der Waals surface area contributed by atoms with Gasteiger partial charge in [-0.25, -0.2) is 15.2 Å². The summed E-state index contributed by atoms with van der Waals surface area (Å²) in [6, 6.07) is 7.68. The average Bonchev–Trinajstić information content (AvgIpc) is 3.99. The van der Waals surface area contributed by atoms with E-state index >= 15 is 0 Å². The maximum absolute atomic E-state index is 14.6. The lowest BCUT2D eigenvalue weighted by Crippen LogP contribution is -2.65. The SMILES string of the molecule is CCn1c(-c2cccnc2[C@H](C)OC)c2c3cc(ccc31)-c1csc(n1)C[C@H](NC(=O)[C@H](C(C)C)N(C)C(=O)N1CC3(CCN(C)C3)C1)C(=O)N1CCC[C@H](N1)C(=O)OCC(C)(C)C2.S.S.S.S. The first kappa shape index (κ1) is 57.1. The van der Waals surface area contributed by atoms with E-state index < -0.39 is 35.4 Å². The molecule has 0 unspecified atom stereocenters. The van der Waals surface area contributed by atoms with Gasteiger partial charge in [0.15, 0.2) is 0 Å². The molecule has 1 spiro atoms. The van der Waals surface area contributed by atoms with Gasteiger partial charge in [0.2, 0.25) is 5.91 Å². The van der Waals surface area contributed by atoms with Crippen LogP contribution < -0.4 is 10.7 Å². The first-order valence-electron chi connectivity index (χ1n) is 22.8. The molecule has 4 amide bonds. The third-order valence-corrected chi connectivity index (χ3v) is 14.6. The van der Waals surface area contributed by atoms with E-state index in [1.54, 1.807) is 20.4 Å². The first-order chi connectivity index (χ1) is 30.5. The predicted octanol–water partition coefficient (Wildman–Crippen LogP) is 6.37. The van der Waals surface area contributed by atoms with Gasteiger partial charge in [-0.15, -0.1) is 11.3 Å². The minimum atomic E-state index is -1.03. The number of thiazole rings is 1. The molecule has 4 aliphatic rings. The third kappa shape index (κ3) is 11.5. The predicted molar refractivity (Wildman–Crippen MR) is 289 cm³/mol. The number of carbonyl (C=O) groups excluding carboxylic acids is 4. The number of nitrogens with zero attached hydrogens (tertiary/aromatic N) is 7. The molecule has 3 aromatic heterocycles. The minimum Gasteiger partial charge on any atom is -0.464 e. The fourth-order valence-corrected chi connectivity index (χ4v) is 11.3. The summed E-state index contributed by atoms with van der Waals surface area (Å²) in [5, 5.41) is 8.26. The zero-order chi connectivity index (χ0) is 45.7. The number of rotatable bonds is 8. The van der Waals surface area contributed by atoms with E-state index in [1.165, 1.54) is 21.2 Å². The van der Waals surface area contributed by atoms with Crippen molar-refractivity contribution >= 4 is 100 Å². The van der Waals surface area contributed by atoms with Crippen LogP contribution in [0.3, 0.4) is 0 Å². The Morgan fingerprint density at radius 1 is 1.07 bits per heavy atom. The number of pyridine rings is 1. The van der Waals surface area contributed by atoms with Crippen molar-refractivity contribution in [3.8, 4) is 22.5 Å². The van der Waals surface area contributed by atoms with Gasteiger partial charge >= 0.3 is 12.0 Å². The van der Waals surface area contributed by atoms with E-state index in [9.17, 15) is 19.2 Å². The van der Waals surface area contributed by atoms with Crippen LogP contribution in [0.15, 0.2) is 41.9 Å². The Kier molecular flexibility index (Phi) is 19.4. The van der Waals surface area contributed by atoms with Crippen molar-refractivity contribution in [2.24, 2.45) is 16.7 Å². The summed E-state index contributed by atoms with van der Waals surface area (Å²) in [6.45, 7) is 16.7. The highest BCUT2D eigenvalue weighted by Gasteiger charge is 2.50. The van der Waals surface area contributed by atoms with Gasteiger partial charge in [0, 0.05) is 97.7 Å². The first-order valence-corrected chi connectivity index (χ1v) is 23.7. The van der Waals surface area contributed by atoms with E-state index in [-0.39, 0.29) is 96.4 Å². The second-order valence-corrected chi connectivity index (χ2v) is 20.6. The van der Waals surface area contributed by atoms with Crippen LogP contribution in [0.5, 0.6) is 0 Å². The van der Waals surface area contributed by atoms with Crippen LogP contribution in [0.25, 0.3) is 33.4 Å². The summed E-state index contributed by atoms with van der Waals surface area (Å²) in [4.78, 5) is 72.4. The van der Waals surface area contributed by atoms with Crippen LogP contribution in [-0.4, -0.2) is 137 Å². The number of aromatic nitrogens is 3. The van der Waals surface area contributed by atoms with Crippen molar-refractivity contribution in [1.82, 2.24) is 45.0 Å². The number of likely N-dealkylation sites (N-methyl/N-ethyl adjacent to an activating group) is 1. The van der Waals surface area contributed by atoms with E-state index in [4.69, 9.17) is 19.4 Å². The highest BCUT2D eigenvalue weighted by atomic mass is 32.1. The molecular weight excluding hydrogens is 959 g/mol. The van der Waals surface area contributed by atoms with Crippen molar-refractivity contribution in [1.29, 1.82) is 0 Å². The number of fused-ring (bicyclic) bond motifs is 6. The molecule has 1 aromatic carbocycles. The average molecular weight is 1030 g/mol. The Morgan fingerprint density at radius 2 is 1.81 bits per heavy atom. The Bertz CT molecular complexity index is 2420. The topological polar surface area (TPSA) is 154 Å². The van der Waals surface area contributed by atoms with Crippen LogP contribution in [0.2, 0.25) is 0 Å². The van der Waals surface area contributed by atoms with Crippen LogP contribution in [-0.2, 0) is 43.2 Å². The molecule has 15 nitrogen and oxygen atoms in total. The maximum Gasteiger partial charge on any atom is 0.324 e. The Morgan fingerprint density at radius 3 is 2.47 bits per heavy atom. The molecule has 3 fully saturated rings. The van der Waals surface area contributed by atoms with Crippen molar-refractivity contribution in [2.75, 3.05) is 60.5 Å². The number of hydrazine groups is 1. The quantitative estimate of drug-likeness (QED) is 0.191. The summed E-state index contributed by atoms with van der Waals surface area (Å²) < 4.78 is 14.3. The van der Waals surface area contributed by atoms with Gasteiger partial charge in [-0.1, -0.05) is 33.8 Å². The Balaban J connectivity index is 0.00000252. The second-order valence-electron chi connectivity index (χ2n) is 19.7. The lowest BCUT2D eigenvalue weighted by Gasteiger charge is -2.49. The van der Waals surface area contributed by atoms with Gasteiger partial charge in [0.25, 0.3) is 5.91 Å². The minimum absolute atomic E-state index is 0. The summed E-state index contributed by atoms with van der Waals surface area (Å²) in [5.41, 5.74) is 9.55. The molecule has 3 saturated heterocycles. The molecule has 8 rings (SSSR count). The van der Waals surface area contributed by atoms with Gasteiger partial charge in [0.1, 0.15) is 18.1 Å². The highest BCUT2D eigenvalue weighted by molar-refractivity contribution is 7.59. The van der Waals surface area contributed by atoms with Crippen LogP contribution in [0.1, 0.15) is 83.2 Å². The fraction of sp³-hybridized carbons (Fsp3) is 0.583. The number of nitrogens with one attached hydrogen (secondary N) is 2. The number of benzene rings is 1. The molecular formula is C48H73N9O6S5. The van der Waals surface area contributed by atoms with E-state index in [0.29, 0.717) is 50.4 Å². The smallest absolute Gasteiger partial charge is 0.324 e. The van der Waals surface area contributed by atoms with Gasteiger partial charge in [-0.05, 0) is 88.9 Å². The standard InChI is InChI=1S/C48H65N9O6S.4H2S/c1-10-56-38-16-15-31-21-33(38)34(42(56)32-13-11-18-49-40(32)30(4)62-9)23-47(5,6)28-63-45(60)35-14-12-19-57(52-35)44(59)36(22-39-50-37(31)24-64-39)51-43(58)41(29(2)3)54(8)46(61)55-26-48(27-55)17-20-53(7)25-48;;;;/h11,13,15-16,18,21,24,29-30,35-36,41,52H,10,12,14,17,19-20,22-23,25-28H2,1-9H3,(H,51,58);4*1H2/t30-,35-,36-,41-;;;;/m0..../s1. The summed E-state index contributed by atoms with van der Waals surface area (Å²) in [6.07, 6.45) is 4.38. The van der Waals surface area contributed by atoms with Gasteiger partial charge < -0.3 is 34.1 Å². The zero-order valence-corrected chi connectivity index (χ0v) is 45.7. The number of hydrogen-bond donors (Lipinski definition) is 2. The number of cyclic esters (lactones) is 1. The second kappa shape index (κ2) is 23.2. The molecule has 0 aliphatic carbocycles. The number of esters is 1. The molecule has 0 radical (unpaired) electrons. The number of carbonyl (C=O) groups is 4. The van der Waals surface area contributed by atoms with Crippen molar-refractivity contribution < 1.29 is 28.7 Å². The Labute approximate surface area is 433 Å². The number of aryl methyl sites for hydroxylation is 1. The molecule has 20 heteroatoms. The molecule has 7 heterocycles. The molecule has 6 bridgehead atoms. The van der Waals surface area contributed by atoms with Crippen molar-refractivity contribution in [3.05, 3.63) is 58.2 Å². The molecule has 2 N–H and O–H groups in total. The van der Waals surface area contributed by atoms with E-state index in [2.05, 4.69) is 72.3 Å². The number of amides is 4. The van der Waals surface area contributed by atoms with Crippen LogP contribution in [0, 0.1) is 16.7 Å². The van der Waals surface area contributed by atoms with Crippen LogP contribution in [0.4, 0.5) is 4.79 Å². The molecule has 4 aromatic rings. The summed E-state index contributed by atoms with van der Waals surface area (Å²) in [5.74, 6) is -1.47. The molecule has 376 valence electrons. The Hall–Kier alpha value is -3.50. The maximum atomic E-state index is 14.6. The van der Waals surface area contributed by atoms with Gasteiger partial charge in [-0.3, -0.25) is 24.4 Å². The normalized spacial score (nSPS) is 21.0. The number of ether oxygens (including phenoxy) is 2. The largest absolute Gasteiger partial charge is 0.464 e. The molecule has 4 aliphatic heterocycles. The third-order valence-electron chi connectivity index (χ3n) is 13.7. The van der Waals surface area contributed by atoms with E-state index in [0.717, 1.165) is 64.2 Å². The number of methoxy groups -OCH3 is 1. The fourth-order valence-electron chi connectivity index (χ4n) is 10.4.